The SMILES string of the molecule is C[C@@]12CC[C@@H]3[C@H](CCC4=CCCC[C@@]43C)[C@H]1CC[C@H]2O. The van der Waals surface area contributed by atoms with Crippen LogP contribution in [0.5, 0.6) is 0 Å². The van der Waals surface area contributed by atoms with Gasteiger partial charge in [0.05, 0.1) is 6.10 Å². The van der Waals surface area contributed by atoms with Crippen LogP contribution in [0.1, 0.15) is 71.6 Å². The van der Waals surface area contributed by atoms with Crippen molar-refractivity contribution in [2.24, 2.45) is 28.6 Å². The monoisotopic (exact) mass is 274 g/mol. The first-order valence-electron chi connectivity index (χ1n) is 8.93. The van der Waals surface area contributed by atoms with Gasteiger partial charge in [0.2, 0.25) is 0 Å². The first kappa shape index (κ1) is 13.4. The predicted octanol–water partition coefficient (Wildman–Crippen LogP) is 4.70. The summed E-state index contributed by atoms with van der Waals surface area (Å²) in [4.78, 5) is 0. The number of hydrogen-bond acceptors (Lipinski definition) is 1. The van der Waals surface area contributed by atoms with Crippen molar-refractivity contribution in [3.8, 4) is 0 Å². The van der Waals surface area contributed by atoms with E-state index < -0.39 is 0 Å². The van der Waals surface area contributed by atoms with Crippen LogP contribution >= 0.6 is 0 Å². The van der Waals surface area contributed by atoms with E-state index in [1.807, 2.05) is 0 Å². The van der Waals surface area contributed by atoms with Crippen molar-refractivity contribution in [2.75, 3.05) is 0 Å². The second-order valence-electron chi connectivity index (χ2n) is 8.59. The van der Waals surface area contributed by atoms with Gasteiger partial charge in [-0.3, -0.25) is 0 Å². The summed E-state index contributed by atoms with van der Waals surface area (Å²) < 4.78 is 0. The molecule has 20 heavy (non-hydrogen) atoms. The molecule has 4 aliphatic carbocycles. The number of fused-ring (bicyclic) bond motifs is 5. The van der Waals surface area contributed by atoms with Gasteiger partial charge in [-0.15, -0.1) is 0 Å². The summed E-state index contributed by atoms with van der Waals surface area (Å²) in [5.74, 6) is 2.61. The molecule has 1 heteroatoms. The number of aliphatic hydroxyl groups excluding tert-OH is 1. The third kappa shape index (κ3) is 1.59. The summed E-state index contributed by atoms with van der Waals surface area (Å²) in [5.41, 5.74) is 2.55. The highest BCUT2D eigenvalue weighted by Crippen LogP contribution is 2.65. The lowest BCUT2D eigenvalue weighted by molar-refractivity contribution is -0.0736. The van der Waals surface area contributed by atoms with E-state index >= 15 is 0 Å². The molecule has 0 aliphatic heterocycles. The minimum Gasteiger partial charge on any atom is -0.393 e. The van der Waals surface area contributed by atoms with Crippen LogP contribution in [0.3, 0.4) is 0 Å². The Kier molecular flexibility index (Phi) is 2.91. The van der Waals surface area contributed by atoms with E-state index in [9.17, 15) is 5.11 Å². The quantitative estimate of drug-likeness (QED) is 0.635. The van der Waals surface area contributed by atoms with Gasteiger partial charge in [-0.25, -0.2) is 0 Å². The molecule has 0 radical (unpaired) electrons. The molecule has 1 nitrogen and oxygen atoms in total. The highest BCUT2D eigenvalue weighted by molar-refractivity contribution is 5.23. The Bertz CT molecular complexity index is 439. The Labute approximate surface area is 123 Å². The zero-order valence-electron chi connectivity index (χ0n) is 13.2. The van der Waals surface area contributed by atoms with Crippen molar-refractivity contribution in [2.45, 2.75) is 77.7 Å². The average molecular weight is 274 g/mol. The van der Waals surface area contributed by atoms with Crippen molar-refractivity contribution in [3.05, 3.63) is 11.6 Å². The third-order valence-corrected chi connectivity index (χ3v) is 7.98. The number of rotatable bonds is 0. The molecule has 0 heterocycles. The number of aliphatic hydroxyl groups is 1. The van der Waals surface area contributed by atoms with E-state index in [1.165, 1.54) is 51.4 Å². The fourth-order valence-corrected chi connectivity index (χ4v) is 6.73. The largest absolute Gasteiger partial charge is 0.393 e. The Hall–Kier alpha value is -0.300. The van der Waals surface area contributed by atoms with Crippen molar-refractivity contribution in [1.82, 2.24) is 0 Å². The first-order chi connectivity index (χ1) is 9.56. The van der Waals surface area contributed by atoms with Gasteiger partial charge in [-0.1, -0.05) is 25.5 Å². The van der Waals surface area contributed by atoms with E-state index in [0.29, 0.717) is 5.41 Å². The van der Waals surface area contributed by atoms with Crippen LogP contribution in [0.2, 0.25) is 0 Å². The summed E-state index contributed by atoms with van der Waals surface area (Å²) >= 11 is 0. The summed E-state index contributed by atoms with van der Waals surface area (Å²) in [6.07, 6.45) is 14.4. The van der Waals surface area contributed by atoms with Gasteiger partial charge >= 0.3 is 0 Å². The fraction of sp³-hybridized carbons (Fsp3) is 0.895. The molecule has 0 aromatic carbocycles. The highest BCUT2D eigenvalue weighted by Gasteiger charge is 2.58. The Morgan fingerprint density at radius 3 is 2.75 bits per heavy atom. The lowest BCUT2D eigenvalue weighted by atomic mass is 9.47. The van der Waals surface area contributed by atoms with Crippen LogP contribution in [0.15, 0.2) is 11.6 Å². The van der Waals surface area contributed by atoms with Gasteiger partial charge in [-0.05, 0) is 86.4 Å². The Morgan fingerprint density at radius 1 is 1.05 bits per heavy atom. The molecule has 4 rings (SSSR count). The second-order valence-corrected chi connectivity index (χ2v) is 8.59. The van der Waals surface area contributed by atoms with Crippen LogP contribution in [0, 0.1) is 28.6 Å². The summed E-state index contributed by atoms with van der Waals surface area (Å²) in [6.45, 7) is 4.96. The van der Waals surface area contributed by atoms with E-state index in [2.05, 4.69) is 19.9 Å². The summed E-state index contributed by atoms with van der Waals surface area (Å²) in [6, 6.07) is 0. The molecule has 0 amide bonds. The standard InChI is InChI=1S/C19H30O/c1-18-11-4-3-5-13(18)6-7-14-15-8-9-17(20)19(15,2)12-10-16(14)18/h5,14-17,20H,3-4,6-12H2,1-2H3/t14-,15-,16-,17-,18+,19-/m1/s1. The molecule has 0 saturated heterocycles. The summed E-state index contributed by atoms with van der Waals surface area (Å²) in [5, 5.41) is 10.5. The topological polar surface area (TPSA) is 20.2 Å². The van der Waals surface area contributed by atoms with Gasteiger partial charge in [0.15, 0.2) is 0 Å². The van der Waals surface area contributed by atoms with Gasteiger partial charge < -0.3 is 5.11 Å². The van der Waals surface area contributed by atoms with E-state index in [-0.39, 0.29) is 11.5 Å². The lowest BCUT2D eigenvalue weighted by Gasteiger charge is -2.57. The number of allylic oxidation sites excluding steroid dienone is 2. The van der Waals surface area contributed by atoms with Crippen molar-refractivity contribution in [3.63, 3.8) is 0 Å². The molecule has 3 fully saturated rings. The Morgan fingerprint density at radius 2 is 1.90 bits per heavy atom. The maximum atomic E-state index is 10.5. The molecular formula is C19H30O. The van der Waals surface area contributed by atoms with E-state index in [1.54, 1.807) is 5.57 Å². The molecule has 112 valence electrons. The molecule has 3 saturated carbocycles. The average Bonchev–Trinajstić information content (AvgIpc) is 2.74. The van der Waals surface area contributed by atoms with Crippen molar-refractivity contribution < 1.29 is 5.11 Å². The molecular weight excluding hydrogens is 244 g/mol. The van der Waals surface area contributed by atoms with Gasteiger partial charge in [0.1, 0.15) is 0 Å². The zero-order valence-corrected chi connectivity index (χ0v) is 13.2. The van der Waals surface area contributed by atoms with Crippen LogP contribution < -0.4 is 0 Å². The number of hydrogen-bond donors (Lipinski definition) is 1. The molecule has 0 bridgehead atoms. The maximum Gasteiger partial charge on any atom is 0.0596 e. The molecule has 0 aromatic rings. The van der Waals surface area contributed by atoms with Crippen LogP contribution in [0.25, 0.3) is 0 Å². The normalized spacial score (nSPS) is 54.6. The fourth-order valence-electron chi connectivity index (χ4n) is 6.73. The van der Waals surface area contributed by atoms with Crippen LogP contribution in [0.4, 0.5) is 0 Å². The van der Waals surface area contributed by atoms with Crippen LogP contribution in [-0.2, 0) is 0 Å². The van der Waals surface area contributed by atoms with Gasteiger partial charge in [0.25, 0.3) is 0 Å². The van der Waals surface area contributed by atoms with Crippen molar-refractivity contribution in [1.29, 1.82) is 0 Å². The van der Waals surface area contributed by atoms with Crippen LogP contribution in [-0.4, -0.2) is 11.2 Å². The first-order valence-corrected chi connectivity index (χ1v) is 8.93. The van der Waals surface area contributed by atoms with E-state index in [4.69, 9.17) is 0 Å². The third-order valence-electron chi connectivity index (χ3n) is 7.98. The Balaban J connectivity index is 1.68. The molecule has 0 aromatic heterocycles. The zero-order chi connectivity index (χ0) is 14.0. The molecule has 6 atom stereocenters. The second kappa shape index (κ2) is 4.35. The molecule has 4 aliphatic rings. The van der Waals surface area contributed by atoms with Gasteiger partial charge in [-0.2, -0.15) is 0 Å². The molecule has 1 N–H and O–H groups in total. The minimum absolute atomic E-state index is 0.0236. The van der Waals surface area contributed by atoms with Gasteiger partial charge in [0, 0.05) is 0 Å². The smallest absolute Gasteiger partial charge is 0.0596 e. The van der Waals surface area contributed by atoms with E-state index in [0.717, 1.165) is 24.2 Å². The lowest BCUT2D eigenvalue weighted by Crippen LogP contribution is -2.50. The maximum absolute atomic E-state index is 10.5. The molecule has 0 unspecified atom stereocenters. The predicted molar refractivity (Wildman–Crippen MR) is 82.3 cm³/mol. The highest BCUT2D eigenvalue weighted by atomic mass is 16.3. The van der Waals surface area contributed by atoms with Crippen molar-refractivity contribution >= 4 is 0 Å². The molecule has 0 spiro atoms. The minimum atomic E-state index is -0.0236. The summed E-state index contributed by atoms with van der Waals surface area (Å²) in [7, 11) is 0.